The van der Waals surface area contributed by atoms with Gasteiger partial charge < -0.3 is 10.5 Å². The molecule has 1 aromatic rings. The van der Waals surface area contributed by atoms with Crippen LogP contribution < -0.4 is 10.5 Å². The molecule has 2 heterocycles. The summed E-state index contributed by atoms with van der Waals surface area (Å²) < 4.78 is 28.0. The maximum Gasteiger partial charge on any atom is 0.231 e. The standard InChI is InChI=1S/C12H16N4O3S/c13-8-10-7-11(14)9-15-12(10)19-4-1-16-2-5-20(17,18)6-3-16/h7,9H,1-6,14H2. The summed E-state index contributed by atoms with van der Waals surface area (Å²) in [4.78, 5) is 5.99. The van der Waals surface area contributed by atoms with Crippen LogP contribution in [0.2, 0.25) is 0 Å². The van der Waals surface area contributed by atoms with Crippen molar-refractivity contribution in [2.24, 2.45) is 0 Å². The molecular weight excluding hydrogens is 280 g/mol. The van der Waals surface area contributed by atoms with Gasteiger partial charge >= 0.3 is 0 Å². The molecule has 0 bridgehead atoms. The smallest absolute Gasteiger partial charge is 0.231 e. The van der Waals surface area contributed by atoms with E-state index >= 15 is 0 Å². The molecule has 108 valence electrons. The van der Waals surface area contributed by atoms with Gasteiger partial charge in [-0.05, 0) is 6.07 Å². The van der Waals surface area contributed by atoms with E-state index in [1.54, 1.807) is 0 Å². The fourth-order valence-electron chi connectivity index (χ4n) is 1.91. The third-order valence-corrected chi connectivity index (χ3v) is 4.69. The average Bonchev–Trinajstić information content (AvgIpc) is 2.42. The molecule has 7 nitrogen and oxygen atoms in total. The number of nitrogens with zero attached hydrogens (tertiary/aromatic N) is 3. The Balaban J connectivity index is 1.84. The summed E-state index contributed by atoms with van der Waals surface area (Å²) in [5.74, 6) is 0.638. The van der Waals surface area contributed by atoms with Crippen molar-refractivity contribution < 1.29 is 13.2 Å². The first kappa shape index (κ1) is 14.6. The number of sulfone groups is 1. The maximum absolute atomic E-state index is 11.3. The molecule has 0 aromatic carbocycles. The first-order valence-electron chi connectivity index (χ1n) is 6.21. The number of rotatable bonds is 4. The molecule has 0 saturated carbocycles. The van der Waals surface area contributed by atoms with Gasteiger partial charge in [-0.3, -0.25) is 4.90 Å². The number of hydrogen-bond donors (Lipinski definition) is 1. The van der Waals surface area contributed by atoms with E-state index in [1.807, 2.05) is 11.0 Å². The van der Waals surface area contributed by atoms with Crippen molar-refractivity contribution in [1.29, 1.82) is 5.26 Å². The van der Waals surface area contributed by atoms with E-state index in [-0.39, 0.29) is 17.4 Å². The molecule has 1 aliphatic rings. The molecule has 8 heteroatoms. The molecule has 0 radical (unpaired) electrons. The molecule has 1 aromatic heterocycles. The summed E-state index contributed by atoms with van der Waals surface area (Å²) >= 11 is 0. The monoisotopic (exact) mass is 296 g/mol. The summed E-state index contributed by atoms with van der Waals surface area (Å²) in [6.07, 6.45) is 1.43. The van der Waals surface area contributed by atoms with Gasteiger partial charge in [-0.25, -0.2) is 13.4 Å². The highest BCUT2D eigenvalue weighted by molar-refractivity contribution is 7.91. The van der Waals surface area contributed by atoms with Gasteiger partial charge in [0.05, 0.1) is 23.4 Å². The Hall–Kier alpha value is -1.85. The van der Waals surface area contributed by atoms with Crippen LogP contribution in [0.15, 0.2) is 12.3 Å². The number of hydrogen-bond acceptors (Lipinski definition) is 7. The second kappa shape index (κ2) is 6.07. The minimum Gasteiger partial charge on any atom is -0.475 e. The van der Waals surface area contributed by atoms with Gasteiger partial charge in [0, 0.05) is 19.6 Å². The highest BCUT2D eigenvalue weighted by Crippen LogP contribution is 2.16. The third kappa shape index (κ3) is 3.82. The van der Waals surface area contributed by atoms with E-state index in [2.05, 4.69) is 4.98 Å². The minimum absolute atomic E-state index is 0.191. The number of nitriles is 1. The van der Waals surface area contributed by atoms with E-state index in [4.69, 9.17) is 15.7 Å². The van der Waals surface area contributed by atoms with E-state index in [9.17, 15) is 8.42 Å². The lowest BCUT2D eigenvalue weighted by Gasteiger charge is -2.26. The van der Waals surface area contributed by atoms with Gasteiger partial charge in [0.1, 0.15) is 18.2 Å². The van der Waals surface area contributed by atoms with Gasteiger partial charge in [0.15, 0.2) is 9.84 Å². The van der Waals surface area contributed by atoms with Crippen molar-refractivity contribution in [3.8, 4) is 11.9 Å². The lowest BCUT2D eigenvalue weighted by Crippen LogP contribution is -2.42. The molecule has 1 aliphatic heterocycles. The van der Waals surface area contributed by atoms with Crippen LogP contribution in [0, 0.1) is 11.3 Å². The van der Waals surface area contributed by atoms with Crippen LogP contribution in [0.5, 0.6) is 5.88 Å². The van der Waals surface area contributed by atoms with Crippen LogP contribution >= 0.6 is 0 Å². The molecule has 0 unspecified atom stereocenters. The average molecular weight is 296 g/mol. The fraction of sp³-hybridized carbons (Fsp3) is 0.500. The van der Waals surface area contributed by atoms with Crippen molar-refractivity contribution in [1.82, 2.24) is 9.88 Å². The topological polar surface area (TPSA) is 109 Å². The largest absolute Gasteiger partial charge is 0.475 e. The second-order valence-electron chi connectivity index (χ2n) is 4.58. The van der Waals surface area contributed by atoms with Crippen LogP contribution in [0.1, 0.15) is 5.56 Å². The highest BCUT2D eigenvalue weighted by atomic mass is 32.2. The van der Waals surface area contributed by atoms with E-state index in [0.717, 1.165) is 0 Å². The number of nitrogen functional groups attached to an aromatic ring is 1. The van der Waals surface area contributed by atoms with Gasteiger partial charge in [-0.1, -0.05) is 0 Å². The molecule has 0 aliphatic carbocycles. The van der Waals surface area contributed by atoms with Crippen molar-refractivity contribution in [2.75, 3.05) is 43.5 Å². The van der Waals surface area contributed by atoms with E-state index in [0.29, 0.717) is 37.5 Å². The Morgan fingerprint density at radius 1 is 1.45 bits per heavy atom. The fourth-order valence-corrected chi connectivity index (χ4v) is 3.19. The zero-order valence-corrected chi connectivity index (χ0v) is 11.8. The molecule has 2 rings (SSSR count). The minimum atomic E-state index is -2.86. The van der Waals surface area contributed by atoms with E-state index < -0.39 is 9.84 Å². The Bertz CT molecular complexity index is 610. The Morgan fingerprint density at radius 2 is 2.15 bits per heavy atom. The van der Waals surface area contributed by atoms with Crippen molar-refractivity contribution >= 4 is 15.5 Å². The lowest BCUT2D eigenvalue weighted by atomic mass is 10.3. The van der Waals surface area contributed by atoms with Gasteiger partial charge in [0.25, 0.3) is 0 Å². The Morgan fingerprint density at radius 3 is 2.80 bits per heavy atom. The van der Waals surface area contributed by atoms with Gasteiger partial charge in [-0.2, -0.15) is 5.26 Å². The van der Waals surface area contributed by atoms with Crippen molar-refractivity contribution in [3.05, 3.63) is 17.8 Å². The molecular formula is C12H16N4O3S. The van der Waals surface area contributed by atoms with Crippen molar-refractivity contribution in [2.45, 2.75) is 0 Å². The summed E-state index contributed by atoms with van der Waals surface area (Å²) in [6, 6.07) is 3.48. The number of pyridine rings is 1. The van der Waals surface area contributed by atoms with Crippen LogP contribution in [0.4, 0.5) is 5.69 Å². The van der Waals surface area contributed by atoms with Crippen LogP contribution in [0.25, 0.3) is 0 Å². The molecule has 0 spiro atoms. The number of aromatic nitrogens is 1. The van der Waals surface area contributed by atoms with Crippen LogP contribution in [-0.4, -0.2) is 56.0 Å². The summed E-state index contributed by atoms with van der Waals surface area (Å²) in [5.41, 5.74) is 6.25. The molecule has 20 heavy (non-hydrogen) atoms. The van der Waals surface area contributed by atoms with Gasteiger partial charge in [0.2, 0.25) is 5.88 Å². The molecule has 0 amide bonds. The summed E-state index contributed by atoms with van der Waals surface area (Å²) in [7, 11) is -2.86. The van der Waals surface area contributed by atoms with Gasteiger partial charge in [-0.15, -0.1) is 0 Å². The zero-order chi connectivity index (χ0) is 14.6. The molecule has 0 atom stereocenters. The van der Waals surface area contributed by atoms with E-state index in [1.165, 1.54) is 12.3 Å². The first-order chi connectivity index (χ1) is 9.50. The molecule has 1 saturated heterocycles. The third-order valence-electron chi connectivity index (χ3n) is 3.08. The second-order valence-corrected chi connectivity index (χ2v) is 6.88. The Labute approximate surface area is 117 Å². The molecule has 2 N–H and O–H groups in total. The lowest BCUT2D eigenvalue weighted by molar-refractivity contribution is 0.214. The first-order valence-corrected chi connectivity index (χ1v) is 8.03. The molecule has 1 fully saturated rings. The summed E-state index contributed by atoms with van der Waals surface area (Å²) in [6.45, 7) is 2.00. The number of anilines is 1. The SMILES string of the molecule is N#Cc1cc(N)cnc1OCCN1CCS(=O)(=O)CC1. The Kier molecular flexibility index (Phi) is 4.42. The quantitative estimate of drug-likeness (QED) is 0.808. The number of ether oxygens (including phenoxy) is 1. The van der Waals surface area contributed by atoms with Crippen LogP contribution in [-0.2, 0) is 9.84 Å². The normalized spacial score (nSPS) is 18.4. The maximum atomic E-state index is 11.3. The van der Waals surface area contributed by atoms with Crippen LogP contribution in [0.3, 0.4) is 0 Å². The number of nitrogens with two attached hydrogens (primary N) is 1. The predicted molar refractivity (Wildman–Crippen MR) is 74.0 cm³/mol. The van der Waals surface area contributed by atoms with Crippen molar-refractivity contribution in [3.63, 3.8) is 0 Å². The highest BCUT2D eigenvalue weighted by Gasteiger charge is 2.21. The zero-order valence-electron chi connectivity index (χ0n) is 10.9. The predicted octanol–water partition coefficient (Wildman–Crippen LogP) is -0.355. The summed E-state index contributed by atoms with van der Waals surface area (Å²) in [5, 5.41) is 8.95.